The summed E-state index contributed by atoms with van der Waals surface area (Å²) in [6.07, 6.45) is 0. The number of fused-ring (bicyclic) bond motifs is 1. The summed E-state index contributed by atoms with van der Waals surface area (Å²) in [5.74, 6) is -0.429. The number of amides is 1. The van der Waals surface area contributed by atoms with Crippen LogP contribution in [0.15, 0.2) is 46.4 Å². The second-order valence-electron chi connectivity index (χ2n) is 5.79. The van der Waals surface area contributed by atoms with Crippen molar-refractivity contribution in [2.24, 2.45) is 16.0 Å². The van der Waals surface area contributed by atoms with Gasteiger partial charge in [-0.3, -0.25) is 4.79 Å². The number of anilines is 2. The Hall–Kier alpha value is -2.24. The quantitative estimate of drug-likeness (QED) is 0.537. The van der Waals surface area contributed by atoms with Gasteiger partial charge in [0.05, 0.1) is 21.3 Å². The third-order valence-electron chi connectivity index (χ3n) is 3.94. The molecule has 0 fully saturated rings. The largest absolute Gasteiger partial charge is 0.374 e. The smallest absolute Gasteiger partial charge is 0.279 e. The van der Waals surface area contributed by atoms with Gasteiger partial charge in [-0.15, -0.1) is 0 Å². The highest BCUT2D eigenvalue weighted by Crippen LogP contribution is 2.38. The van der Waals surface area contributed by atoms with Crippen LogP contribution in [0.1, 0.15) is 5.56 Å². The monoisotopic (exact) mass is 457 g/mol. The fraction of sp³-hybridized carbons (Fsp3) is 0.0625. The summed E-state index contributed by atoms with van der Waals surface area (Å²) in [6.45, 7) is 0. The summed E-state index contributed by atoms with van der Waals surface area (Å²) in [6, 6.07) is 8.47. The SMILES string of the molecule is CN1C(=O)/C(=N\N(C(N)=S)c2ccc(S(N)(=O)=O)cc2)c2cc(Cl)cc(Cl)c21. The van der Waals surface area contributed by atoms with Crippen LogP contribution in [-0.4, -0.2) is 32.2 Å². The Labute approximate surface area is 176 Å². The van der Waals surface area contributed by atoms with Crippen molar-refractivity contribution in [3.8, 4) is 0 Å². The molecule has 0 aliphatic carbocycles. The molecule has 0 saturated carbocycles. The standard InChI is InChI=1S/C16H13Cl2N5O3S2/c1-22-14-11(6-8(17)7-12(14)18)13(15(22)24)21-23(16(19)27)9-2-4-10(5-3-9)28(20,25)26/h2-7H,1H3,(H2,19,27)(H2,20,25,26)/b21-13-. The maximum atomic E-state index is 12.7. The van der Waals surface area contributed by atoms with Gasteiger partial charge in [-0.25, -0.2) is 18.6 Å². The lowest BCUT2D eigenvalue weighted by Crippen LogP contribution is -2.34. The number of sulfonamides is 1. The van der Waals surface area contributed by atoms with Crippen LogP contribution in [0.2, 0.25) is 10.0 Å². The molecule has 12 heteroatoms. The third kappa shape index (κ3) is 3.69. The predicted octanol–water partition coefficient (Wildman–Crippen LogP) is 2.07. The number of carbonyl (C=O) groups is 1. The van der Waals surface area contributed by atoms with Gasteiger partial charge in [0.1, 0.15) is 0 Å². The molecule has 0 spiro atoms. The van der Waals surface area contributed by atoms with Gasteiger partial charge in [0.15, 0.2) is 10.8 Å². The number of likely N-dealkylation sites (N-methyl/N-ethyl adjacent to an activating group) is 1. The number of rotatable bonds is 3. The first kappa shape index (κ1) is 20.5. The van der Waals surface area contributed by atoms with Crippen molar-refractivity contribution in [2.45, 2.75) is 4.90 Å². The van der Waals surface area contributed by atoms with Gasteiger partial charge in [-0.1, -0.05) is 23.2 Å². The second kappa shape index (κ2) is 7.30. The van der Waals surface area contributed by atoms with Gasteiger partial charge < -0.3 is 10.6 Å². The Bertz CT molecular complexity index is 1130. The first-order valence-corrected chi connectivity index (χ1v) is 10.3. The summed E-state index contributed by atoms with van der Waals surface area (Å²) < 4.78 is 22.8. The minimum Gasteiger partial charge on any atom is -0.374 e. The maximum absolute atomic E-state index is 12.7. The molecule has 4 N–H and O–H groups in total. The first-order valence-electron chi connectivity index (χ1n) is 7.59. The maximum Gasteiger partial charge on any atom is 0.279 e. The van der Waals surface area contributed by atoms with Crippen LogP contribution in [0.3, 0.4) is 0 Å². The van der Waals surface area contributed by atoms with Crippen molar-refractivity contribution in [3.05, 3.63) is 52.0 Å². The molecule has 2 aromatic carbocycles. The highest BCUT2D eigenvalue weighted by Gasteiger charge is 2.35. The molecule has 2 aromatic rings. The van der Waals surface area contributed by atoms with Crippen LogP contribution in [0, 0.1) is 0 Å². The van der Waals surface area contributed by atoms with Gasteiger partial charge in [0, 0.05) is 17.6 Å². The molecule has 1 aliphatic heterocycles. The lowest BCUT2D eigenvalue weighted by atomic mass is 10.1. The summed E-state index contributed by atoms with van der Waals surface area (Å²) in [7, 11) is -2.31. The third-order valence-corrected chi connectivity index (χ3v) is 5.55. The number of nitrogens with zero attached hydrogens (tertiary/aromatic N) is 3. The molecule has 1 aliphatic rings. The van der Waals surface area contributed by atoms with Crippen LogP contribution in [0.4, 0.5) is 11.4 Å². The molecule has 0 radical (unpaired) electrons. The topological polar surface area (TPSA) is 122 Å². The van der Waals surface area contributed by atoms with Crippen molar-refractivity contribution in [1.29, 1.82) is 0 Å². The first-order chi connectivity index (χ1) is 13.0. The van der Waals surface area contributed by atoms with E-state index < -0.39 is 15.9 Å². The fourth-order valence-electron chi connectivity index (χ4n) is 2.67. The number of carbonyl (C=O) groups excluding carboxylic acids is 1. The molecule has 0 bridgehead atoms. The molecule has 0 atom stereocenters. The second-order valence-corrected chi connectivity index (χ2v) is 8.61. The summed E-state index contributed by atoms with van der Waals surface area (Å²) in [4.78, 5) is 13.9. The van der Waals surface area contributed by atoms with E-state index in [0.29, 0.717) is 27.0 Å². The predicted molar refractivity (Wildman–Crippen MR) is 113 cm³/mol. The molecular weight excluding hydrogens is 445 g/mol. The molecule has 1 heterocycles. The minimum atomic E-state index is -3.86. The zero-order valence-corrected chi connectivity index (χ0v) is 17.4. The Balaban J connectivity index is 2.12. The van der Waals surface area contributed by atoms with Crippen LogP contribution < -0.4 is 20.8 Å². The average Bonchev–Trinajstić information content (AvgIpc) is 2.82. The molecule has 3 rings (SSSR count). The van der Waals surface area contributed by atoms with E-state index in [-0.39, 0.29) is 15.7 Å². The molecule has 0 saturated heterocycles. The Morgan fingerprint density at radius 1 is 1.21 bits per heavy atom. The summed E-state index contributed by atoms with van der Waals surface area (Å²) >= 11 is 17.3. The minimum absolute atomic E-state index is 0.0326. The molecular formula is C16H13Cl2N5O3S2. The number of halogens is 2. The summed E-state index contributed by atoms with van der Waals surface area (Å²) in [5, 5.41) is 11.0. The van der Waals surface area contributed by atoms with Crippen molar-refractivity contribution in [3.63, 3.8) is 0 Å². The highest BCUT2D eigenvalue weighted by molar-refractivity contribution is 7.89. The Morgan fingerprint density at radius 2 is 1.82 bits per heavy atom. The van der Waals surface area contributed by atoms with E-state index >= 15 is 0 Å². The van der Waals surface area contributed by atoms with E-state index in [9.17, 15) is 13.2 Å². The van der Waals surface area contributed by atoms with E-state index in [2.05, 4.69) is 5.10 Å². The zero-order valence-electron chi connectivity index (χ0n) is 14.3. The average molecular weight is 458 g/mol. The molecule has 1 amide bonds. The van der Waals surface area contributed by atoms with E-state index in [1.54, 1.807) is 13.1 Å². The number of benzene rings is 2. The lowest BCUT2D eigenvalue weighted by Gasteiger charge is -2.18. The zero-order chi connectivity index (χ0) is 20.8. The number of primary sulfonamides is 1. The van der Waals surface area contributed by atoms with Crippen LogP contribution in [0.25, 0.3) is 0 Å². The number of thiocarbonyl (C=S) groups is 1. The van der Waals surface area contributed by atoms with Gasteiger partial charge in [0.25, 0.3) is 5.91 Å². The van der Waals surface area contributed by atoms with Crippen LogP contribution in [-0.2, 0) is 14.8 Å². The number of hydrogen-bond donors (Lipinski definition) is 2. The van der Waals surface area contributed by atoms with Gasteiger partial charge >= 0.3 is 0 Å². The Morgan fingerprint density at radius 3 is 2.36 bits per heavy atom. The molecule has 0 unspecified atom stereocenters. The number of nitrogens with two attached hydrogens (primary N) is 2. The number of hydrazone groups is 1. The van der Waals surface area contributed by atoms with E-state index in [0.717, 1.165) is 5.01 Å². The molecule has 28 heavy (non-hydrogen) atoms. The van der Waals surface area contributed by atoms with Gasteiger partial charge in [0.2, 0.25) is 10.0 Å². The van der Waals surface area contributed by atoms with E-state index in [1.165, 1.54) is 35.2 Å². The van der Waals surface area contributed by atoms with Gasteiger partial charge in [-0.05, 0) is 48.6 Å². The van der Waals surface area contributed by atoms with Crippen LogP contribution >= 0.6 is 35.4 Å². The van der Waals surface area contributed by atoms with Crippen molar-refractivity contribution in [2.75, 3.05) is 17.0 Å². The van der Waals surface area contributed by atoms with Crippen LogP contribution in [0.5, 0.6) is 0 Å². The van der Waals surface area contributed by atoms with Crippen molar-refractivity contribution in [1.82, 2.24) is 0 Å². The highest BCUT2D eigenvalue weighted by atomic mass is 35.5. The fourth-order valence-corrected chi connectivity index (χ4v) is 3.95. The molecule has 8 nitrogen and oxygen atoms in total. The van der Waals surface area contributed by atoms with Crippen molar-refractivity contribution < 1.29 is 13.2 Å². The summed E-state index contributed by atoms with van der Waals surface area (Å²) in [5.41, 5.74) is 7.01. The van der Waals surface area contributed by atoms with E-state index in [1.807, 2.05) is 0 Å². The lowest BCUT2D eigenvalue weighted by molar-refractivity contribution is -0.111. The van der Waals surface area contributed by atoms with Crippen molar-refractivity contribution >= 4 is 73.5 Å². The number of hydrogen-bond acceptors (Lipinski definition) is 5. The van der Waals surface area contributed by atoms with E-state index in [4.69, 9.17) is 46.3 Å². The van der Waals surface area contributed by atoms with Gasteiger partial charge in [-0.2, -0.15) is 5.10 Å². The normalized spacial score (nSPS) is 15.1. The Kier molecular flexibility index (Phi) is 5.34. The molecule has 146 valence electrons. The molecule has 0 aromatic heterocycles.